The number of aromatic hydroxyl groups is 1. The highest BCUT2D eigenvalue weighted by atomic mass is 28.3. The van der Waals surface area contributed by atoms with Crippen LogP contribution in [0.4, 0.5) is 18.4 Å². The van der Waals surface area contributed by atoms with E-state index in [2.05, 4.69) is 29.6 Å². The zero-order chi connectivity index (χ0) is 47.4. The van der Waals surface area contributed by atoms with Gasteiger partial charge in [0.05, 0.1) is 44.0 Å². The van der Waals surface area contributed by atoms with E-state index in [1.807, 2.05) is 0 Å². The molecule has 340 valence electrons. The van der Waals surface area contributed by atoms with Gasteiger partial charge in [-0.2, -0.15) is 0 Å². The fourth-order valence-electron chi connectivity index (χ4n) is 7.16. The van der Waals surface area contributed by atoms with Crippen molar-refractivity contribution >= 4 is 65.8 Å². The van der Waals surface area contributed by atoms with Crippen molar-refractivity contribution in [3.05, 3.63) is 130 Å². The van der Waals surface area contributed by atoms with Gasteiger partial charge in [-0.15, -0.1) is 0 Å². The lowest BCUT2D eigenvalue weighted by Crippen LogP contribution is -2.29. The molecule has 6 aromatic rings. The Kier molecular flexibility index (Phi) is 13.4. The minimum absolute atomic E-state index is 0.0116. The van der Waals surface area contributed by atoms with Gasteiger partial charge in [0.1, 0.15) is 45.3 Å². The number of fused-ring (bicyclic) bond motifs is 4. The maximum Gasteiger partial charge on any atom is 0.513 e. The van der Waals surface area contributed by atoms with Crippen molar-refractivity contribution in [2.45, 2.75) is 52.6 Å². The minimum Gasteiger partial charge on any atom is -0.506 e. The predicted octanol–water partition coefficient (Wildman–Crippen LogP) is 8.83. The Balaban J connectivity index is 0.000000199. The van der Waals surface area contributed by atoms with Gasteiger partial charge in [-0.1, -0.05) is 43.9 Å². The van der Waals surface area contributed by atoms with Gasteiger partial charge in [-0.05, 0) is 79.5 Å². The quantitative estimate of drug-likeness (QED) is 0.0528. The van der Waals surface area contributed by atoms with Crippen LogP contribution in [0, 0.1) is 11.6 Å². The Hall–Kier alpha value is -7.80. The van der Waals surface area contributed by atoms with Crippen molar-refractivity contribution in [1.29, 1.82) is 0 Å². The van der Waals surface area contributed by atoms with E-state index in [-0.39, 0.29) is 82.2 Å². The molecule has 4 heterocycles. The second-order valence-electron chi connectivity index (χ2n) is 16.0. The van der Waals surface area contributed by atoms with Gasteiger partial charge in [0, 0.05) is 31.2 Å². The van der Waals surface area contributed by atoms with Crippen LogP contribution in [0.3, 0.4) is 0 Å². The van der Waals surface area contributed by atoms with E-state index in [0.29, 0.717) is 23.1 Å². The molecule has 19 heteroatoms. The number of hydrogen-bond donors (Lipinski definition) is 1. The Labute approximate surface area is 376 Å². The molecular weight excluding hydrogens is 879 g/mol. The first-order chi connectivity index (χ1) is 31.5. The molecule has 0 fully saturated rings. The van der Waals surface area contributed by atoms with Crippen molar-refractivity contribution in [2.75, 3.05) is 19.8 Å². The summed E-state index contributed by atoms with van der Waals surface area (Å²) in [5.41, 5.74) is 0.634. The van der Waals surface area contributed by atoms with Crippen LogP contribution in [0.2, 0.25) is 25.7 Å². The van der Waals surface area contributed by atoms with Crippen molar-refractivity contribution in [1.82, 2.24) is 19.8 Å². The van der Waals surface area contributed by atoms with Crippen molar-refractivity contribution in [3.63, 3.8) is 0 Å². The molecule has 8 rings (SSSR count). The molecule has 0 atom stereocenters. The van der Waals surface area contributed by atoms with Crippen LogP contribution in [0.1, 0.15) is 66.4 Å². The molecule has 0 aliphatic carbocycles. The Morgan fingerprint density at radius 3 is 1.47 bits per heavy atom. The number of imide groups is 2. The normalized spacial score (nSPS) is 13.1. The van der Waals surface area contributed by atoms with Crippen LogP contribution in [0.15, 0.2) is 85.2 Å². The Morgan fingerprint density at radius 1 is 0.606 bits per heavy atom. The molecule has 0 bridgehead atoms. The number of hydrogen-bond acceptors (Lipinski definition) is 14. The first kappa shape index (κ1) is 46.2. The first-order valence-corrected chi connectivity index (χ1v) is 24.3. The lowest BCUT2D eigenvalue weighted by molar-refractivity contribution is 0.0623. The molecule has 4 amide bonds. The molecule has 16 nitrogen and oxygen atoms in total. The summed E-state index contributed by atoms with van der Waals surface area (Å²) in [6.07, 6.45) is 0.797. The highest BCUT2D eigenvalue weighted by molar-refractivity contribution is 6.76. The van der Waals surface area contributed by atoms with E-state index < -0.39 is 61.4 Å². The summed E-state index contributed by atoms with van der Waals surface area (Å²) < 4.78 is 53.1. The number of rotatable bonds is 12. The third-order valence-corrected chi connectivity index (χ3v) is 12.0. The average Bonchev–Trinajstić information content (AvgIpc) is 3.67. The number of phenolic OH excluding ortho intramolecular Hbond substituents is 1. The predicted molar refractivity (Wildman–Crippen MR) is 235 cm³/mol. The standard InChI is InChI=1S/C26H27FN2O6Si.C21H15FN2O6/c1-5-33-26(32)35-23-20-19(24(30)29(25(20)31)15-16-8-10-17(27)11-9-16)22(34-13-14-36(2,3)4)18-7-6-12-28-21(18)23;1-2-29-21(28)30-18-15-14(17(25)13-4-3-9-23-16(13)18)19(26)24(20(15)27)10-11-5-7-12(22)8-6-11/h6-12H,5,13-15H2,1-4H3;3-9,25H,2,10H2,1H3. The second kappa shape index (κ2) is 19.1. The smallest absolute Gasteiger partial charge is 0.506 e. The number of benzene rings is 4. The summed E-state index contributed by atoms with van der Waals surface area (Å²) in [7, 11) is -1.47. The van der Waals surface area contributed by atoms with E-state index in [9.17, 15) is 42.7 Å². The van der Waals surface area contributed by atoms with Crippen LogP contribution in [-0.2, 0) is 22.6 Å². The van der Waals surface area contributed by atoms with Crippen molar-refractivity contribution in [3.8, 4) is 23.0 Å². The number of carbonyl (C=O) groups is 6. The highest BCUT2D eigenvalue weighted by Crippen LogP contribution is 2.46. The number of aromatic nitrogens is 2. The molecule has 0 saturated heterocycles. The summed E-state index contributed by atoms with van der Waals surface area (Å²) in [5, 5.41) is 11.3. The minimum atomic E-state index is -1.47. The first-order valence-electron chi connectivity index (χ1n) is 20.6. The molecule has 0 unspecified atom stereocenters. The molecule has 0 saturated carbocycles. The molecule has 66 heavy (non-hydrogen) atoms. The summed E-state index contributed by atoms with van der Waals surface area (Å²) in [6, 6.07) is 18.0. The molecular formula is C47H42F2N4O12Si. The lowest BCUT2D eigenvalue weighted by Gasteiger charge is -2.19. The SMILES string of the molecule is CCOC(=O)Oc1c2c(c(O)c3cccnc13)C(=O)N(Cc1ccc(F)cc1)C2=O.CCOC(=O)Oc1c2c(c(OCC[Si](C)(C)C)c3cccnc13)C(=O)N(Cc1ccc(F)cc1)C2=O. The molecule has 0 radical (unpaired) electrons. The number of amides is 4. The molecule has 2 aliphatic rings. The molecule has 2 aliphatic heterocycles. The van der Waals surface area contributed by atoms with Gasteiger partial charge in [0.25, 0.3) is 23.6 Å². The maximum absolute atomic E-state index is 13.6. The van der Waals surface area contributed by atoms with Crippen molar-refractivity contribution < 1.29 is 66.3 Å². The monoisotopic (exact) mass is 920 g/mol. The molecule has 2 aromatic heterocycles. The van der Waals surface area contributed by atoms with Gasteiger partial charge in [-0.25, -0.2) is 18.4 Å². The van der Waals surface area contributed by atoms with Gasteiger partial charge in [-0.3, -0.25) is 38.9 Å². The maximum atomic E-state index is 13.6. The van der Waals surface area contributed by atoms with E-state index in [4.69, 9.17) is 23.7 Å². The number of nitrogens with zero attached hydrogens (tertiary/aromatic N) is 4. The van der Waals surface area contributed by atoms with Gasteiger partial charge < -0.3 is 28.8 Å². The third-order valence-electron chi connectivity index (χ3n) is 10.3. The second-order valence-corrected chi connectivity index (χ2v) is 21.6. The van der Waals surface area contributed by atoms with Crippen LogP contribution in [-0.4, -0.2) is 88.7 Å². The zero-order valence-electron chi connectivity index (χ0n) is 36.3. The van der Waals surface area contributed by atoms with E-state index >= 15 is 0 Å². The third kappa shape index (κ3) is 9.37. The Bertz CT molecular complexity index is 2930. The summed E-state index contributed by atoms with van der Waals surface area (Å²) in [5.74, 6) is -4.33. The summed E-state index contributed by atoms with van der Waals surface area (Å²) in [4.78, 5) is 87.9. The van der Waals surface area contributed by atoms with Gasteiger partial charge in [0.2, 0.25) is 0 Å². The number of phenols is 1. The van der Waals surface area contributed by atoms with Crippen LogP contribution in [0.5, 0.6) is 23.0 Å². The fraction of sp³-hybridized carbons (Fsp3) is 0.234. The summed E-state index contributed by atoms with van der Waals surface area (Å²) in [6.45, 7) is 10.0. The number of pyridine rings is 2. The van der Waals surface area contributed by atoms with E-state index in [1.165, 1.54) is 73.1 Å². The van der Waals surface area contributed by atoms with E-state index in [1.54, 1.807) is 26.0 Å². The lowest BCUT2D eigenvalue weighted by atomic mass is 10.0. The van der Waals surface area contributed by atoms with Crippen LogP contribution in [0.25, 0.3) is 21.8 Å². The highest BCUT2D eigenvalue weighted by Gasteiger charge is 2.45. The largest absolute Gasteiger partial charge is 0.513 e. The fourth-order valence-corrected chi connectivity index (χ4v) is 7.87. The topological polar surface area (TPSA) is 201 Å². The van der Waals surface area contributed by atoms with Crippen molar-refractivity contribution in [2.24, 2.45) is 0 Å². The molecule has 1 N–H and O–H groups in total. The van der Waals surface area contributed by atoms with Crippen LogP contribution >= 0.6 is 0 Å². The molecule has 0 spiro atoms. The van der Waals surface area contributed by atoms with Gasteiger partial charge in [0.15, 0.2) is 11.5 Å². The van der Waals surface area contributed by atoms with Gasteiger partial charge >= 0.3 is 12.3 Å². The average molecular weight is 921 g/mol. The number of ether oxygens (including phenoxy) is 5. The summed E-state index contributed by atoms with van der Waals surface area (Å²) >= 11 is 0. The molecule has 4 aromatic carbocycles. The Morgan fingerprint density at radius 2 is 1.02 bits per heavy atom. The van der Waals surface area contributed by atoms with Crippen LogP contribution < -0.4 is 14.2 Å². The van der Waals surface area contributed by atoms with E-state index in [0.717, 1.165) is 15.8 Å². The number of carbonyl (C=O) groups excluding carboxylic acids is 6. The number of halogens is 2. The zero-order valence-corrected chi connectivity index (χ0v) is 37.3.